The lowest BCUT2D eigenvalue weighted by Gasteiger charge is -2.16. The summed E-state index contributed by atoms with van der Waals surface area (Å²) in [4.78, 5) is 8.50. The first-order chi connectivity index (χ1) is 15.0. The third-order valence-electron chi connectivity index (χ3n) is 5.49. The van der Waals surface area contributed by atoms with Gasteiger partial charge in [-0.15, -0.1) is 11.3 Å². The van der Waals surface area contributed by atoms with Gasteiger partial charge in [-0.2, -0.15) is 13.2 Å². The molecule has 0 saturated heterocycles. The first-order valence-corrected chi connectivity index (χ1v) is 11.3. The Hall–Kier alpha value is -2.61. The van der Waals surface area contributed by atoms with E-state index in [1.807, 2.05) is 17.5 Å². The number of halogens is 3. The van der Waals surface area contributed by atoms with Crippen LogP contribution < -0.4 is 10.1 Å². The van der Waals surface area contributed by atoms with Crippen LogP contribution in [0.1, 0.15) is 44.1 Å². The highest BCUT2D eigenvalue weighted by Crippen LogP contribution is 2.39. The molecule has 0 atom stereocenters. The average molecular weight is 448 g/mol. The minimum atomic E-state index is -4.50. The van der Waals surface area contributed by atoms with E-state index in [1.165, 1.54) is 43.1 Å². The zero-order valence-electron chi connectivity index (χ0n) is 17.0. The number of pyridine rings is 1. The maximum Gasteiger partial charge on any atom is 0.420 e. The highest BCUT2D eigenvalue weighted by Gasteiger charge is 2.35. The molecular formula is C23H24F3N3OS. The zero-order chi connectivity index (χ0) is 21.7. The number of aromatic nitrogens is 2. The standard InChI is InChI=1S/C23H24F3N3OS/c24-23(25,26)19-13-18(9-10-21(19)30-12-4-7-16-5-1-2-6-16)28-22-29-20(15-31-22)17-8-3-11-27-14-17/h3,8-11,13-16H,1-2,4-7,12H2,(H,28,29). The SMILES string of the molecule is FC(F)(F)c1cc(Nc2nc(-c3cccnc3)cs2)ccc1OCCCC1CCCC1. The van der Waals surface area contributed by atoms with Gasteiger partial charge in [0.15, 0.2) is 5.13 Å². The highest BCUT2D eigenvalue weighted by atomic mass is 32.1. The molecule has 0 unspecified atom stereocenters. The quantitative estimate of drug-likeness (QED) is 0.368. The number of hydrogen-bond donors (Lipinski definition) is 1. The Morgan fingerprint density at radius 1 is 1.16 bits per heavy atom. The van der Waals surface area contributed by atoms with E-state index in [2.05, 4.69) is 15.3 Å². The third kappa shape index (κ3) is 5.76. The van der Waals surface area contributed by atoms with Crippen LogP contribution in [0.15, 0.2) is 48.1 Å². The molecule has 1 saturated carbocycles. The first-order valence-electron chi connectivity index (χ1n) is 10.5. The Kier molecular flexibility index (Phi) is 6.75. The fourth-order valence-electron chi connectivity index (χ4n) is 3.91. The fourth-order valence-corrected chi connectivity index (χ4v) is 4.65. The van der Waals surface area contributed by atoms with Crippen molar-refractivity contribution >= 4 is 22.2 Å². The maximum absolute atomic E-state index is 13.6. The molecule has 0 aliphatic heterocycles. The van der Waals surface area contributed by atoms with E-state index < -0.39 is 11.7 Å². The number of hydrogen-bond acceptors (Lipinski definition) is 5. The molecule has 1 aliphatic rings. The van der Waals surface area contributed by atoms with Gasteiger partial charge in [-0.25, -0.2) is 4.98 Å². The van der Waals surface area contributed by atoms with Gasteiger partial charge < -0.3 is 10.1 Å². The number of nitrogens with zero attached hydrogens (tertiary/aromatic N) is 2. The van der Waals surface area contributed by atoms with Crippen LogP contribution in [0.5, 0.6) is 5.75 Å². The van der Waals surface area contributed by atoms with E-state index in [-0.39, 0.29) is 5.75 Å². The number of benzene rings is 1. The van der Waals surface area contributed by atoms with E-state index in [9.17, 15) is 13.2 Å². The van der Waals surface area contributed by atoms with E-state index in [0.717, 1.165) is 30.2 Å². The molecule has 1 aromatic carbocycles. The van der Waals surface area contributed by atoms with E-state index in [4.69, 9.17) is 4.74 Å². The Bertz CT molecular complexity index is 985. The molecule has 1 fully saturated rings. The fraction of sp³-hybridized carbons (Fsp3) is 0.391. The van der Waals surface area contributed by atoms with Crippen molar-refractivity contribution in [1.29, 1.82) is 0 Å². The van der Waals surface area contributed by atoms with Crippen LogP contribution in [-0.2, 0) is 6.18 Å². The van der Waals surface area contributed by atoms with Gasteiger partial charge in [0.2, 0.25) is 0 Å². The molecule has 0 amide bonds. The van der Waals surface area contributed by atoms with Crippen LogP contribution in [0, 0.1) is 5.92 Å². The van der Waals surface area contributed by atoms with Crippen molar-refractivity contribution in [1.82, 2.24) is 9.97 Å². The minimum Gasteiger partial charge on any atom is -0.493 e. The molecule has 4 rings (SSSR count). The van der Waals surface area contributed by atoms with Crippen LogP contribution in [0.3, 0.4) is 0 Å². The van der Waals surface area contributed by atoms with Gasteiger partial charge >= 0.3 is 6.18 Å². The summed E-state index contributed by atoms with van der Waals surface area (Å²) in [6, 6.07) is 7.75. The summed E-state index contributed by atoms with van der Waals surface area (Å²) in [7, 11) is 0. The van der Waals surface area contributed by atoms with Crippen LogP contribution in [-0.4, -0.2) is 16.6 Å². The molecule has 3 aromatic rings. The summed E-state index contributed by atoms with van der Waals surface area (Å²) < 4.78 is 46.4. The lowest BCUT2D eigenvalue weighted by atomic mass is 10.0. The topological polar surface area (TPSA) is 47.0 Å². The summed E-state index contributed by atoms with van der Waals surface area (Å²) in [6.07, 6.45) is 5.65. The van der Waals surface area contributed by atoms with Crippen LogP contribution in [0.2, 0.25) is 0 Å². The average Bonchev–Trinajstić information content (AvgIpc) is 3.44. The lowest BCUT2D eigenvalue weighted by molar-refractivity contribution is -0.138. The highest BCUT2D eigenvalue weighted by molar-refractivity contribution is 7.14. The molecule has 8 heteroatoms. The van der Waals surface area contributed by atoms with Gasteiger partial charge in [0.05, 0.1) is 17.9 Å². The van der Waals surface area contributed by atoms with Gasteiger partial charge in [0, 0.05) is 29.0 Å². The number of nitrogens with one attached hydrogen (secondary N) is 1. The molecule has 0 spiro atoms. The molecule has 31 heavy (non-hydrogen) atoms. The summed E-state index contributed by atoms with van der Waals surface area (Å²) in [5.74, 6) is 0.576. The van der Waals surface area contributed by atoms with Crippen molar-refractivity contribution in [3.63, 3.8) is 0 Å². The molecule has 1 N–H and O–H groups in total. The molecule has 2 heterocycles. The first kappa shape index (κ1) is 21.6. The van der Waals surface area contributed by atoms with Crippen molar-refractivity contribution in [3.8, 4) is 17.0 Å². The summed E-state index contributed by atoms with van der Waals surface area (Å²) in [5.41, 5.74) is 1.11. The number of ether oxygens (including phenoxy) is 1. The Labute approximate surface area is 183 Å². The second-order valence-electron chi connectivity index (χ2n) is 7.75. The van der Waals surface area contributed by atoms with Crippen molar-refractivity contribution < 1.29 is 17.9 Å². The second kappa shape index (κ2) is 9.68. The van der Waals surface area contributed by atoms with E-state index in [1.54, 1.807) is 18.5 Å². The van der Waals surface area contributed by atoms with Crippen molar-refractivity contribution in [2.45, 2.75) is 44.7 Å². The normalized spacial score (nSPS) is 14.7. The second-order valence-corrected chi connectivity index (χ2v) is 8.61. The number of alkyl halides is 3. The van der Waals surface area contributed by atoms with Gasteiger partial charge in [-0.05, 0) is 49.1 Å². The molecule has 1 aliphatic carbocycles. The Balaban J connectivity index is 1.42. The van der Waals surface area contributed by atoms with Crippen molar-refractivity contribution in [3.05, 3.63) is 53.7 Å². The Morgan fingerprint density at radius 3 is 2.74 bits per heavy atom. The maximum atomic E-state index is 13.6. The predicted octanol–water partition coefficient (Wildman–Crippen LogP) is 7.32. The summed E-state index contributed by atoms with van der Waals surface area (Å²) >= 11 is 1.32. The van der Waals surface area contributed by atoms with Crippen molar-refractivity contribution in [2.75, 3.05) is 11.9 Å². The van der Waals surface area contributed by atoms with Crippen molar-refractivity contribution in [2.24, 2.45) is 5.92 Å². The number of thiazole rings is 1. The molecule has 4 nitrogen and oxygen atoms in total. The number of anilines is 2. The monoisotopic (exact) mass is 447 g/mol. The minimum absolute atomic E-state index is 0.125. The van der Waals surface area contributed by atoms with E-state index in [0.29, 0.717) is 23.3 Å². The van der Waals surface area contributed by atoms with Crippen LogP contribution in [0.4, 0.5) is 24.0 Å². The van der Waals surface area contributed by atoms with Crippen LogP contribution in [0.25, 0.3) is 11.3 Å². The number of rotatable bonds is 8. The predicted molar refractivity (Wildman–Crippen MR) is 117 cm³/mol. The van der Waals surface area contributed by atoms with Gasteiger partial charge in [-0.1, -0.05) is 25.7 Å². The summed E-state index contributed by atoms with van der Waals surface area (Å²) in [6.45, 7) is 0.299. The molecule has 0 bridgehead atoms. The Morgan fingerprint density at radius 2 is 2.00 bits per heavy atom. The van der Waals surface area contributed by atoms with Crippen LogP contribution >= 0.6 is 11.3 Å². The molecule has 2 aromatic heterocycles. The van der Waals surface area contributed by atoms with Gasteiger partial charge in [0.1, 0.15) is 5.75 Å². The molecule has 0 radical (unpaired) electrons. The smallest absolute Gasteiger partial charge is 0.420 e. The third-order valence-corrected chi connectivity index (χ3v) is 6.24. The lowest BCUT2D eigenvalue weighted by Crippen LogP contribution is -2.10. The molecular weight excluding hydrogens is 423 g/mol. The van der Waals surface area contributed by atoms with E-state index >= 15 is 0 Å². The van der Waals surface area contributed by atoms with Gasteiger partial charge in [0.25, 0.3) is 0 Å². The zero-order valence-corrected chi connectivity index (χ0v) is 17.8. The van der Waals surface area contributed by atoms with Gasteiger partial charge in [-0.3, -0.25) is 4.98 Å². The molecule has 164 valence electrons. The summed E-state index contributed by atoms with van der Waals surface area (Å²) in [5, 5.41) is 5.32. The largest absolute Gasteiger partial charge is 0.493 e.